The lowest BCUT2D eigenvalue weighted by Crippen LogP contribution is -2.35. The van der Waals surface area contributed by atoms with Crippen LogP contribution in [0.3, 0.4) is 0 Å². The molecule has 0 N–H and O–H groups in total. The third kappa shape index (κ3) is 4.69. The van der Waals surface area contributed by atoms with Crippen LogP contribution in [0, 0.1) is 0 Å². The van der Waals surface area contributed by atoms with Gasteiger partial charge in [-0.25, -0.2) is 4.98 Å². The van der Waals surface area contributed by atoms with E-state index in [-0.39, 0.29) is 5.91 Å². The molecule has 29 heavy (non-hydrogen) atoms. The number of halogens is 1. The number of ether oxygens (including phenoxy) is 1. The van der Waals surface area contributed by atoms with Gasteiger partial charge in [-0.1, -0.05) is 23.7 Å². The molecule has 5 nitrogen and oxygen atoms in total. The zero-order chi connectivity index (χ0) is 20.2. The van der Waals surface area contributed by atoms with Gasteiger partial charge in [0, 0.05) is 43.7 Å². The Labute approximate surface area is 175 Å². The van der Waals surface area contributed by atoms with Gasteiger partial charge in [-0.2, -0.15) is 0 Å². The van der Waals surface area contributed by atoms with E-state index in [9.17, 15) is 4.79 Å². The molecule has 1 aliphatic rings. The third-order valence-corrected chi connectivity index (χ3v) is 5.55. The quantitative estimate of drug-likeness (QED) is 0.604. The van der Waals surface area contributed by atoms with Crippen LogP contribution in [0.4, 0.5) is 0 Å². The monoisotopic (exact) mass is 409 g/mol. The Balaban J connectivity index is 1.41. The van der Waals surface area contributed by atoms with Gasteiger partial charge in [0.25, 0.3) is 5.91 Å². The van der Waals surface area contributed by atoms with E-state index in [0.29, 0.717) is 10.7 Å². The van der Waals surface area contributed by atoms with Gasteiger partial charge in [0.05, 0.1) is 12.6 Å². The first kappa shape index (κ1) is 19.7. The number of carbonyl (C=O) groups excluding carboxylic acids is 1. The van der Waals surface area contributed by atoms with Crippen LogP contribution < -0.4 is 4.74 Å². The predicted octanol–water partition coefficient (Wildman–Crippen LogP) is 4.24. The molecule has 0 radical (unpaired) electrons. The first-order valence-corrected chi connectivity index (χ1v) is 10.2. The lowest BCUT2D eigenvalue weighted by Gasteiger charge is -2.22. The van der Waals surface area contributed by atoms with Crippen molar-refractivity contribution in [3.63, 3.8) is 0 Å². The lowest BCUT2D eigenvalue weighted by molar-refractivity contribution is 0.0761. The topological polar surface area (TPSA) is 45.7 Å². The molecule has 1 saturated heterocycles. The Morgan fingerprint density at radius 3 is 2.66 bits per heavy atom. The third-order valence-electron chi connectivity index (χ3n) is 5.34. The standard InChI is InChI=1S/C23H24ClN3O2/c1-29-20-7-3-17(4-8-20)16-26-11-2-12-27(14-13-26)23(28)19-5-9-21-18(15-19)6-10-22(24)25-21/h3-10,15H,2,11-14,16H2,1H3. The second-order valence-corrected chi connectivity index (χ2v) is 7.70. The van der Waals surface area contributed by atoms with Crippen molar-refractivity contribution in [1.29, 1.82) is 0 Å². The van der Waals surface area contributed by atoms with Gasteiger partial charge in [-0.3, -0.25) is 9.69 Å². The first-order valence-electron chi connectivity index (χ1n) is 9.83. The average molecular weight is 410 g/mol. The molecule has 6 heteroatoms. The number of hydrogen-bond acceptors (Lipinski definition) is 4. The maximum absolute atomic E-state index is 13.0. The van der Waals surface area contributed by atoms with Crippen molar-refractivity contribution in [3.8, 4) is 5.75 Å². The van der Waals surface area contributed by atoms with Crippen molar-refractivity contribution in [2.45, 2.75) is 13.0 Å². The summed E-state index contributed by atoms with van der Waals surface area (Å²) >= 11 is 5.95. The van der Waals surface area contributed by atoms with Crippen LogP contribution in [-0.4, -0.2) is 54.0 Å². The zero-order valence-corrected chi connectivity index (χ0v) is 17.2. The highest BCUT2D eigenvalue weighted by atomic mass is 35.5. The molecule has 3 aromatic rings. The van der Waals surface area contributed by atoms with Crippen LogP contribution in [0.15, 0.2) is 54.6 Å². The van der Waals surface area contributed by atoms with Crippen LogP contribution in [0.5, 0.6) is 5.75 Å². The molecule has 0 spiro atoms. The van der Waals surface area contributed by atoms with Gasteiger partial charge in [-0.05, 0) is 54.4 Å². The van der Waals surface area contributed by atoms with Crippen LogP contribution in [0.2, 0.25) is 5.15 Å². The smallest absolute Gasteiger partial charge is 0.253 e. The van der Waals surface area contributed by atoms with Gasteiger partial charge in [-0.15, -0.1) is 0 Å². The summed E-state index contributed by atoms with van der Waals surface area (Å²) in [5.41, 5.74) is 2.76. The summed E-state index contributed by atoms with van der Waals surface area (Å²) in [6.07, 6.45) is 0.965. The second kappa shape index (κ2) is 8.80. The normalized spacial score (nSPS) is 15.3. The number of carbonyl (C=O) groups is 1. The summed E-state index contributed by atoms with van der Waals surface area (Å²) in [7, 11) is 1.68. The van der Waals surface area contributed by atoms with E-state index < -0.39 is 0 Å². The Hall–Kier alpha value is -2.63. The molecule has 0 bridgehead atoms. The van der Waals surface area contributed by atoms with E-state index in [1.54, 1.807) is 13.2 Å². The van der Waals surface area contributed by atoms with Gasteiger partial charge in [0.15, 0.2) is 0 Å². The number of aromatic nitrogens is 1. The molecule has 1 aromatic heterocycles. The molecule has 2 heterocycles. The molecule has 2 aromatic carbocycles. The molecule has 0 aliphatic carbocycles. The van der Waals surface area contributed by atoms with E-state index in [1.165, 1.54) is 5.56 Å². The van der Waals surface area contributed by atoms with Crippen LogP contribution >= 0.6 is 11.6 Å². The Morgan fingerprint density at radius 2 is 1.86 bits per heavy atom. The molecule has 1 aliphatic heterocycles. The molecule has 150 valence electrons. The molecular weight excluding hydrogens is 386 g/mol. The molecule has 0 saturated carbocycles. The van der Waals surface area contributed by atoms with E-state index in [0.717, 1.165) is 55.8 Å². The fourth-order valence-electron chi connectivity index (χ4n) is 3.74. The summed E-state index contributed by atoms with van der Waals surface area (Å²) < 4.78 is 5.23. The average Bonchev–Trinajstić information content (AvgIpc) is 2.99. The van der Waals surface area contributed by atoms with Crippen LogP contribution in [-0.2, 0) is 6.54 Å². The van der Waals surface area contributed by atoms with Gasteiger partial charge < -0.3 is 9.64 Å². The van der Waals surface area contributed by atoms with Gasteiger partial charge in [0.2, 0.25) is 0 Å². The number of pyridine rings is 1. The van der Waals surface area contributed by atoms with Crippen molar-refractivity contribution in [2.24, 2.45) is 0 Å². The Bertz CT molecular complexity index is 1010. The number of methoxy groups -OCH3 is 1. The minimum Gasteiger partial charge on any atom is -0.497 e. The van der Waals surface area contributed by atoms with Crippen LogP contribution in [0.25, 0.3) is 10.9 Å². The fraction of sp³-hybridized carbons (Fsp3) is 0.304. The summed E-state index contributed by atoms with van der Waals surface area (Å²) in [5.74, 6) is 0.947. The molecule has 0 unspecified atom stereocenters. The minimum atomic E-state index is 0.0770. The summed E-state index contributed by atoms with van der Waals surface area (Å²) in [4.78, 5) is 21.7. The predicted molar refractivity (Wildman–Crippen MR) is 116 cm³/mol. The van der Waals surface area contributed by atoms with E-state index in [2.05, 4.69) is 22.0 Å². The molecule has 4 rings (SSSR count). The first-order chi connectivity index (χ1) is 14.1. The summed E-state index contributed by atoms with van der Waals surface area (Å²) in [6.45, 7) is 4.23. The summed E-state index contributed by atoms with van der Waals surface area (Å²) in [5, 5.41) is 1.39. The Morgan fingerprint density at radius 1 is 1.03 bits per heavy atom. The number of benzene rings is 2. The molecular formula is C23H24ClN3O2. The second-order valence-electron chi connectivity index (χ2n) is 7.31. The Kier molecular flexibility index (Phi) is 5.97. The number of rotatable bonds is 4. The van der Waals surface area contributed by atoms with Crippen molar-refractivity contribution >= 4 is 28.4 Å². The highest BCUT2D eigenvalue weighted by molar-refractivity contribution is 6.29. The number of fused-ring (bicyclic) bond motifs is 1. The molecule has 1 fully saturated rings. The van der Waals surface area contributed by atoms with Crippen molar-refractivity contribution < 1.29 is 9.53 Å². The van der Waals surface area contributed by atoms with E-state index >= 15 is 0 Å². The van der Waals surface area contributed by atoms with Crippen molar-refractivity contribution in [2.75, 3.05) is 33.3 Å². The molecule has 1 amide bonds. The fourth-order valence-corrected chi connectivity index (χ4v) is 3.89. The minimum absolute atomic E-state index is 0.0770. The van der Waals surface area contributed by atoms with Crippen molar-refractivity contribution in [1.82, 2.24) is 14.8 Å². The number of amides is 1. The largest absolute Gasteiger partial charge is 0.497 e. The molecule has 0 atom stereocenters. The van der Waals surface area contributed by atoms with Gasteiger partial charge >= 0.3 is 0 Å². The van der Waals surface area contributed by atoms with Crippen LogP contribution in [0.1, 0.15) is 22.3 Å². The highest BCUT2D eigenvalue weighted by Gasteiger charge is 2.20. The van der Waals surface area contributed by atoms with Gasteiger partial charge in [0.1, 0.15) is 10.9 Å². The highest BCUT2D eigenvalue weighted by Crippen LogP contribution is 2.19. The number of hydrogen-bond donors (Lipinski definition) is 0. The summed E-state index contributed by atoms with van der Waals surface area (Å²) in [6, 6.07) is 17.4. The zero-order valence-electron chi connectivity index (χ0n) is 16.5. The maximum atomic E-state index is 13.0. The van der Waals surface area contributed by atoms with E-state index in [4.69, 9.17) is 16.3 Å². The lowest BCUT2D eigenvalue weighted by atomic mass is 10.1. The van der Waals surface area contributed by atoms with E-state index in [1.807, 2.05) is 41.3 Å². The van der Waals surface area contributed by atoms with Crippen molar-refractivity contribution in [3.05, 3.63) is 70.9 Å². The number of nitrogens with zero attached hydrogens (tertiary/aromatic N) is 3. The SMILES string of the molecule is COc1ccc(CN2CCCN(C(=O)c3ccc4nc(Cl)ccc4c3)CC2)cc1. The maximum Gasteiger partial charge on any atom is 0.253 e.